The largest absolute Gasteiger partial charge is 0.445 e. The first-order valence-electron chi connectivity index (χ1n) is 8.02. The number of rotatable bonds is 5. The quantitative estimate of drug-likeness (QED) is 0.599. The number of carbonyl (C=O) groups excluding carboxylic acids is 1. The van der Waals surface area contributed by atoms with E-state index in [-0.39, 0.29) is 37.1 Å². The number of aromatic nitrogens is 2. The number of amides is 1. The van der Waals surface area contributed by atoms with Crippen molar-refractivity contribution in [1.82, 2.24) is 14.5 Å². The lowest BCUT2D eigenvalue weighted by Gasteiger charge is -2.23. The molecule has 1 amide bonds. The summed E-state index contributed by atoms with van der Waals surface area (Å²) in [4.78, 5) is 38.0. The Labute approximate surface area is 147 Å². The van der Waals surface area contributed by atoms with Crippen LogP contribution in [0.25, 0.3) is 0 Å². The average molecular weight is 362 g/mol. The zero-order valence-corrected chi connectivity index (χ0v) is 13.8. The SMILES string of the molecule is O=C(OCc1ccc([N+](=O)[O-])cc1)N1C[C@H](O)C[C@H]1Cn1cc[nH]c1=O. The molecule has 0 saturated carbocycles. The van der Waals surface area contributed by atoms with Gasteiger partial charge in [0.25, 0.3) is 5.69 Å². The van der Waals surface area contributed by atoms with Crippen LogP contribution in [-0.2, 0) is 17.9 Å². The Morgan fingerprint density at radius 1 is 1.38 bits per heavy atom. The predicted molar refractivity (Wildman–Crippen MR) is 89.5 cm³/mol. The van der Waals surface area contributed by atoms with E-state index in [0.717, 1.165) is 0 Å². The summed E-state index contributed by atoms with van der Waals surface area (Å²) in [6, 6.07) is 5.35. The van der Waals surface area contributed by atoms with Crippen LogP contribution in [0.5, 0.6) is 0 Å². The van der Waals surface area contributed by atoms with Crippen LogP contribution in [0.3, 0.4) is 0 Å². The molecule has 0 aliphatic carbocycles. The first kappa shape index (κ1) is 17.7. The first-order chi connectivity index (χ1) is 12.4. The van der Waals surface area contributed by atoms with Crippen molar-refractivity contribution in [2.45, 2.75) is 31.7 Å². The zero-order chi connectivity index (χ0) is 18.7. The third-order valence-electron chi connectivity index (χ3n) is 4.27. The molecular formula is C16H18N4O6. The van der Waals surface area contributed by atoms with Crippen LogP contribution in [-0.4, -0.2) is 49.3 Å². The van der Waals surface area contributed by atoms with E-state index < -0.39 is 17.1 Å². The van der Waals surface area contributed by atoms with Gasteiger partial charge in [-0.05, 0) is 24.1 Å². The molecule has 1 aliphatic rings. The number of aliphatic hydroxyl groups excluding tert-OH is 1. The molecular weight excluding hydrogens is 344 g/mol. The molecule has 0 bridgehead atoms. The molecule has 2 aromatic rings. The number of nitrogens with one attached hydrogen (secondary N) is 1. The highest BCUT2D eigenvalue weighted by Gasteiger charge is 2.35. The zero-order valence-electron chi connectivity index (χ0n) is 13.8. The molecule has 0 unspecified atom stereocenters. The Morgan fingerprint density at radius 3 is 2.73 bits per heavy atom. The summed E-state index contributed by atoms with van der Waals surface area (Å²) in [5, 5.41) is 20.5. The van der Waals surface area contributed by atoms with Crippen molar-refractivity contribution in [3.63, 3.8) is 0 Å². The molecule has 2 heterocycles. The van der Waals surface area contributed by atoms with Crippen molar-refractivity contribution in [2.75, 3.05) is 6.54 Å². The number of H-pyrrole nitrogens is 1. The maximum absolute atomic E-state index is 12.4. The molecule has 1 aromatic heterocycles. The summed E-state index contributed by atoms with van der Waals surface area (Å²) in [7, 11) is 0. The molecule has 0 spiro atoms. The molecule has 1 aliphatic heterocycles. The van der Waals surface area contributed by atoms with Crippen molar-refractivity contribution in [3.05, 3.63) is 62.8 Å². The van der Waals surface area contributed by atoms with Gasteiger partial charge >= 0.3 is 11.8 Å². The van der Waals surface area contributed by atoms with Crippen LogP contribution in [0.15, 0.2) is 41.5 Å². The maximum atomic E-state index is 12.4. The fourth-order valence-electron chi connectivity index (χ4n) is 2.95. The number of benzene rings is 1. The first-order valence-corrected chi connectivity index (χ1v) is 8.02. The number of carbonyl (C=O) groups is 1. The predicted octanol–water partition coefficient (Wildman–Crippen LogP) is 0.857. The van der Waals surface area contributed by atoms with Crippen LogP contribution >= 0.6 is 0 Å². The minimum atomic E-state index is -0.679. The van der Waals surface area contributed by atoms with Crippen molar-refractivity contribution < 1.29 is 19.6 Å². The number of β-amino-alcohol motifs (C(OH)–C–C–N with tert-alkyl or cyclic N) is 1. The molecule has 0 radical (unpaired) electrons. The molecule has 26 heavy (non-hydrogen) atoms. The minimum absolute atomic E-state index is 0.0414. The van der Waals surface area contributed by atoms with E-state index in [0.29, 0.717) is 12.0 Å². The molecule has 10 heteroatoms. The number of aromatic amines is 1. The van der Waals surface area contributed by atoms with Crippen LogP contribution in [0, 0.1) is 10.1 Å². The Kier molecular flexibility index (Phi) is 5.03. The molecule has 138 valence electrons. The van der Waals surface area contributed by atoms with E-state index in [1.165, 1.54) is 39.9 Å². The number of nitro groups is 1. The summed E-state index contributed by atoms with van der Waals surface area (Å²) in [5.74, 6) is 0. The number of nitrogens with zero attached hydrogens (tertiary/aromatic N) is 3. The maximum Gasteiger partial charge on any atom is 0.410 e. The highest BCUT2D eigenvalue weighted by molar-refractivity contribution is 5.68. The van der Waals surface area contributed by atoms with Crippen molar-refractivity contribution in [3.8, 4) is 0 Å². The van der Waals surface area contributed by atoms with Crippen LogP contribution in [0.4, 0.5) is 10.5 Å². The summed E-state index contributed by atoms with van der Waals surface area (Å²) in [6.07, 6.45) is 2.15. The monoisotopic (exact) mass is 362 g/mol. The molecule has 2 N–H and O–H groups in total. The van der Waals surface area contributed by atoms with Crippen molar-refractivity contribution in [2.24, 2.45) is 0 Å². The van der Waals surface area contributed by atoms with Gasteiger partial charge in [0.2, 0.25) is 0 Å². The van der Waals surface area contributed by atoms with E-state index in [1.807, 2.05) is 0 Å². The second-order valence-corrected chi connectivity index (χ2v) is 6.09. The Hall–Kier alpha value is -3.14. The summed E-state index contributed by atoms with van der Waals surface area (Å²) >= 11 is 0. The molecule has 10 nitrogen and oxygen atoms in total. The van der Waals surface area contributed by atoms with Gasteiger partial charge < -0.3 is 19.7 Å². The molecule has 1 fully saturated rings. The van der Waals surface area contributed by atoms with Crippen molar-refractivity contribution in [1.29, 1.82) is 0 Å². The van der Waals surface area contributed by atoms with Gasteiger partial charge in [-0.25, -0.2) is 9.59 Å². The van der Waals surface area contributed by atoms with E-state index in [9.17, 15) is 24.8 Å². The van der Waals surface area contributed by atoms with Gasteiger partial charge in [-0.15, -0.1) is 0 Å². The fourth-order valence-corrected chi connectivity index (χ4v) is 2.95. The lowest BCUT2D eigenvalue weighted by molar-refractivity contribution is -0.384. The van der Waals surface area contributed by atoms with Gasteiger partial charge in [-0.1, -0.05) is 0 Å². The van der Waals surface area contributed by atoms with Gasteiger partial charge in [0.15, 0.2) is 0 Å². The van der Waals surface area contributed by atoms with E-state index in [2.05, 4.69) is 4.98 Å². The normalized spacial score (nSPS) is 19.5. The molecule has 3 rings (SSSR count). The Morgan fingerprint density at radius 2 is 2.12 bits per heavy atom. The Bertz CT molecular complexity index is 843. The minimum Gasteiger partial charge on any atom is -0.445 e. The van der Waals surface area contributed by atoms with Gasteiger partial charge in [-0.2, -0.15) is 0 Å². The lowest BCUT2D eigenvalue weighted by atomic mass is 10.2. The third-order valence-corrected chi connectivity index (χ3v) is 4.27. The molecule has 1 aromatic carbocycles. The number of nitro benzene ring substituents is 1. The summed E-state index contributed by atoms with van der Waals surface area (Å²) in [6.45, 7) is 0.342. The highest BCUT2D eigenvalue weighted by atomic mass is 16.6. The van der Waals surface area contributed by atoms with E-state index in [4.69, 9.17) is 4.74 Å². The fraction of sp³-hybridized carbons (Fsp3) is 0.375. The highest BCUT2D eigenvalue weighted by Crippen LogP contribution is 2.21. The number of hydrogen-bond donors (Lipinski definition) is 2. The van der Waals surface area contributed by atoms with Gasteiger partial charge in [0.05, 0.1) is 23.6 Å². The lowest BCUT2D eigenvalue weighted by Crippen LogP contribution is -2.40. The van der Waals surface area contributed by atoms with Crippen LogP contribution < -0.4 is 5.69 Å². The summed E-state index contributed by atoms with van der Waals surface area (Å²) in [5.41, 5.74) is 0.285. The topological polar surface area (TPSA) is 131 Å². The number of imidazole rings is 1. The third kappa shape index (κ3) is 3.91. The Balaban J connectivity index is 1.61. The van der Waals surface area contributed by atoms with Gasteiger partial charge in [0.1, 0.15) is 6.61 Å². The van der Waals surface area contributed by atoms with Gasteiger partial charge in [-0.3, -0.25) is 14.7 Å². The van der Waals surface area contributed by atoms with Crippen LogP contribution in [0.2, 0.25) is 0 Å². The van der Waals surface area contributed by atoms with Crippen molar-refractivity contribution >= 4 is 11.8 Å². The number of hydrogen-bond acceptors (Lipinski definition) is 6. The average Bonchev–Trinajstić information content (AvgIpc) is 3.19. The smallest absolute Gasteiger partial charge is 0.410 e. The number of ether oxygens (including phenoxy) is 1. The molecule has 1 saturated heterocycles. The van der Waals surface area contributed by atoms with E-state index in [1.54, 1.807) is 6.20 Å². The van der Waals surface area contributed by atoms with Gasteiger partial charge in [0, 0.05) is 31.1 Å². The van der Waals surface area contributed by atoms with E-state index >= 15 is 0 Å². The summed E-state index contributed by atoms with van der Waals surface area (Å²) < 4.78 is 6.68. The number of likely N-dealkylation sites (tertiary alicyclic amines) is 1. The second kappa shape index (κ2) is 7.40. The standard InChI is InChI=1S/C16H18N4O6/c21-14-7-13(8-18-6-5-17-15(18)22)19(9-14)16(23)26-10-11-1-3-12(4-2-11)20(24)25/h1-6,13-14,21H,7-10H2,(H,17,22)/t13-,14+/m0/s1. The number of non-ortho nitro benzene ring substituents is 1. The molecule has 2 atom stereocenters. The second-order valence-electron chi connectivity index (χ2n) is 6.09. The van der Waals surface area contributed by atoms with Crippen LogP contribution in [0.1, 0.15) is 12.0 Å². The number of aliphatic hydroxyl groups is 1.